The Balaban J connectivity index is -0.0000000357. The highest BCUT2D eigenvalue weighted by Crippen LogP contribution is 1.71. The summed E-state index contributed by atoms with van der Waals surface area (Å²) in [6.45, 7) is -0.729. The highest BCUT2D eigenvalue weighted by atomic mass is 16.6. The zero-order chi connectivity index (χ0) is 33.6. The van der Waals surface area contributed by atoms with Crippen molar-refractivity contribution < 1.29 is 135 Å². The highest BCUT2D eigenvalue weighted by Gasteiger charge is 1.93. The first kappa shape index (κ1) is 58.2. The summed E-state index contributed by atoms with van der Waals surface area (Å²) in [6, 6.07) is 0. The Morgan fingerprint density at radius 2 is 0.368 bits per heavy atom. The van der Waals surface area contributed by atoms with E-state index >= 15 is 0 Å². The molecule has 0 unspecified atom stereocenters. The normalized spacial score (nSPS) is 6.63. The SMILES string of the molecule is O=C(O)O.O=C(O)O.O=C(O)O.O=C(O)O.O=C(O)O.O=C(O)O.O=C(O)O.O=C(O)O.OCC(O)CO. The molecule has 0 saturated heterocycles. The molecule has 0 saturated carbocycles. The maximum absolute atomic E-state index is 8.56. The smallest absolute Gasteiger partial charge is 0.450 e. The lowest BCUT2D eigenvalue weighted by Gasteiger charge is -1.96. The van der Waals surface area contributed by atoms with Crippen molar-refractivity contribution >= 4 is 49.2 Å². The fourth-order valence-corrected chi connectivity index (χ4v) is 0.0577. The van der Waals surface area contributed by atoms with Gasteiger partial charge >= 0.3 is 49.2 Å². The van der Waals surface area contributed by atoms with Crippen LogP contribution in [0.25, 0.3) is 0 Å². The summed E-state index contributed by atoms with van der Waals surface area (Å²) in [6.07, 6.45) is -15.6. The molecule has 0 aromatic heterocycles. The number of hydrogen-bond donors (Lipinski definition) is 19. The second-order valence-corrected chi connectivity index (χ2v) is 3.28. The number of carboxylic acid groups (broad SMARTS) is 16. The van der Waals surface area contributed by atoms with Gasteiger partial charge in [0.15, 0.2) is 0 Å². The first-order valence-corrected chi connectivity index (χ1v) is 6.92. The minimum Gasteiger partial charge on any atom is -0.450 e. The van der Waals surface area contributed by atoms with Crippen LogP contribution in [0.15, 0.2) is 0 Å². The third-order valence-electron chi connectivity index (χ3n) is 0.421. The van der Waals surface area contributed by atoms with Gasteiger partial charge in [-0.3, -0.25) is 0 Å². The van der Waals surface area contributed by atoms with E-state index in [0.717, 1.165) is 0 Å². The van der Waals surface area contributed by atoms with Crippen LogP contribution in [-0.4, -0.2) is 166 Å². The van der Waals surface area contributed by atoms with E-state index in [2.05, 4.69) is 0 Å². The summed E-state index contributed by atoms with van der Waals surface area (Å²) < 4.78 is 0. The lowest BCUT2D eigenvalue weighted by atomic mass is 10.4. The van der Waals surface area contributed by atoms with Crippen LogP contribution in [0, 0.1) is 0 Å². The van der Waals surface area contributed by atoms with Crippen LogP contribution >= 0.6 is 0 Å². The molecule has 19 N–H and O–H groups in total. The van der Waals surface area contributed by atoms with Crippen LogP contribution in [0.2, 0.25) is 0 Å². The van der Waals surface area contributed by atoms with Gasteiger partial charge in [0.05, 0.1) is 13.2 Å². The maximum atomic E-state index is 8.56. The van der Waals surface area contributed by atoms with Crippen LogP contribution in [0.3, 0.4) is 0 Å². The second-order valence-electron chi connectivity index (χ2n) is 3.28. The van der Waals surface area contributed by atoms with Gasteiger partial charge in [-0.15, -0.1) is 0 Å². The van der Waals surface area contributed by atoms with E-state index in [9.17, 15) is 0 Å². The van der Waals surface area contributed by atoms with Crippen molar-refractivity contribution in [3.63, 3.8) is 0 Å². The molecule has 0 rings (SSSR count). The van der Waals surface area contributed by atoms with E-state index < -0.39 is 55.3 Å². The Kier molecular flexibility index (Phi) is 80.8. The summed E-state index contributed by atoms with van der Waals surface area (Å²) in [5, 5.41) is 136. The number of carbonyl (C=O) groups is 8. The Bertz CT molecular complexity index is 428. The van der Waals surface area contributed by atoms with Crippen molar-refractivity contribution in [2.45, 2.75) is 6.10 Å². The molecule has 0 fully saturated rings. The monoisotopic (exact) mass is 588 g/mol. The quantitative estimate of drug-likeness (QED) is 0.203. The minimum absolute atomic E-state index is 0.365. The van der Waals surface area contributed by atoms with Crippen molar-refractivity contribution in [2.75, 3.05) is 13.2 Å². The second kappa shape index (κ2) is 52.8. The van der Waals surface area contributed by atoms with Gasteiger partial charge in [0.1, 0.15) is 6.10 Å². The van der Waals surface area contributed by atoms with E-state index in [0.29, 0.717) is 0 Å². The summed E-state index contributed by atoms with van der Waals surface area (Å²) >= 11 is 0. The molecule has 230 valence electrons. The molecular weight excluding hydrogens is 564 g/mol. The molecular formula is C11H24O27. The first-order chi connectivity index (χ1) is 16.7. The summed E-state index contributed by atoms with van der Waals surface area (Å²) in [5.74, 6) is 0. The van der Waals surface area contributed by atoms with Gasteiger partial charge in [0.25, 0.3) is 0 Å². The fourth-order valence-electron chi connectivity index (χ4n) is 0.0577. The van der Waals surface area contributed by atoms with Crippen LogP contribution < -0.4 is 0 Å². The largest absolute Gasteiger partial charge is 0.503 e. The lowest BCUT2D eigenvalue weighted by molar-refractivity contribution is 0.0450. The van der Waals surface area contributed by atoms with Gasteiger partial charge in [-0.2, -0.15) is 0 Å². The zero-order valence-electron chi connectivity index (χ0n) is 17.8. The van der Waals surface area contributed by atoms with Crippen LogP contribution in [0.5, 0.6) is 0 Å². The highest BCUT2D eigenvalue weighted by molar-refractivity contribution is 5.55. The molecule has 27 heteroatoms. The topological polar surface area (TPSA) is 521 Å². The molecule has 27 nitrogen and oxygen atoms in total. The molecule has 0 spiro atoms. The van der Waals surface area contributed by atoms with E-state index in [1.54, 1.807) is 0 Å². The van der Waals surface area contributed by atoms with E-state index in [1.165, 1.54) is 0 Å². The Hall–Kier alpha value is -5.96. The molecule has 38 heavy (non-hydrogen) atoms. The average Bonchev–Trinajstić information content (AvgIpc) is 2.57. The van der Waals surface area contributed by atoms with Gasteiger partial charge in [0, 0.05) is 0 Å². The summed E-state index contributed by atoms with van der Waals surface area (Å²) in [7, 11) is 0. The van der Waals surface area contributed by atoms with Gasteiger partial charge in [0.2, 0.25) is 0 Å². The number of rotatable bonds is 2. The average molecular weight is 588 g/mol. The Labute approximate surface area is 205 Å². The van der Waals surface area contributed by atoms with E-state index in [-0.39, 0.29) is 13.2 Å². The van der Waals surface area contributed by atoms with E-state index in [1.807, 2.05) is 0 Å². The minimum atomic E-state index is -1.83. The predicted molar refractivity (Wildman–Crippen MR) is 105 cm³/mol. The van der Waals surface area contributed by atoms with Crippen molar-refractivity contribution in [1.29, 1.82) is 0 Å². The Morgan fingerprint density at radius 3 is 0.368 bits per heavy atom. The van der Waals surface area contributed by atoms with Crippen LogP contribution in [0.1, 0.15) is 0 Å². The molecule has 0 bridgehead atoms. The molecule has 0 aliphatic carbocycles. The summed E-state index contributed by atoms with van der Waals surface area (Å²) in [5.41, 5.74) is 0. The van der Waals surface area contributed by atoms with Gasteiger partial charge in [-0.1, -0.05) is 0 Å². The van der Waals surface area contributed by atoms with Crippen molar-refractivity contribution in [3.8, 4) is 0 Å². The predicted octanol–water partition coefficient (Wildman–Crippen LogP) is 0.111. The van der Waals surface area contributed by atoms with E-state index in [4.69, 9.17) is 135 Å². The molecule has 0 aliphatic heterocycles. The van der Waals surface area contributed by atoms with Crippen molar-refractivity contribution in [1.82, 2.24) is 0 Å². The molecule has 0 amide bonds. The number of hydrogen-bond acceptors (Lipinski definition) is 11. The summed E-state index contributed by atoms with van der Waals surface area (Å²) in [4.78, 5) is 68.4. The molecule has 0 radical (unpaired) electrons. The third kappa shape index (κ3) is 6590. The lowest BCUT2D eigenvalue weighted by Crippen LogP contribution is -2.15. The molecule has 0 atom stereocenters. The number of aliphatic hydroxyl groups excluding tert-OH is 3. The first-order valence-electron chi connectivity index (χ1n) is 6.92. The van der Waals surface area contributed by atoms with Gasteiger partial charge in [-0.25, -0.2) is 38.4 Å². The third-order valence-corrected chi connectivity index (χ3v) is 0.421. The fraction of sp³-hybridized carbons (Fsp3) is 0.273. The van der Waals surface area contributed by atoms with Gasteiger partial charge < -0.3 is 97.0 Å². The number of aliphatic hydroxyl groups is 3. The molecule has 0 aliphatic rings. The molecule has 0 aromatic carbocycles. The Morgan fingerprint density at radius 1 is 0.316 bits per heavy atom. The van der Waals surface area contributed by atoms with Crippen LogP contribution in [0.4, 0.5) is 38.4 Å². The molecule has 0 heterocycles. The van der Waals surface area contributed by atoms with Gasteiger partial charge in [-0.05, 0) is 0 Å². The van der Waals surface area contributed by atoms with Crippen LogP contribution in [-0.2, 0) is 0 Å². The van der Waals surface area contributed by atoms with Crippen molar-refractivity contribution in [3.05, 3.63) is 0 Å². The molecule has 0 aromatic rings. The maximum Gasteiger partial charge on any atom is 0.503 e. The zero-order valence-corrected chi connectivity index (χ0v) is 17.8. The standard InChI is InChI=1S/C3H8O3.8CH2O3/c4-1-3(6)2-5;8*2-1(3)4/h3-6H,1-2H2;8*(H2,2,3,4). The van der Waals surface area contributed by atoms with Crippen molar-refractivity contribution in [2.24, 2.45) is 0 Å².